The third kappa shape index (κ3) is 1.36. The minimum absolute atomic E-state index is 0.0888. The Kier molecular flexibility index (Phi) is 1.87. The van der Waals surface area contributed by atoms with Gasteiger partial charge in [-0.25, -0.2) is 4.39 Å². The van der Waals surface area contributed by atoms with Gasteiger partial charge in [-0.3, -0.25) is 0 Å². The molecule has 0 aliphatic heterocycles. The van der Waals surface area contributed by atoms with Crippen LogP contribution in [-0.4, -0.2) is 0 Å². The normalized spacial score (nSPS) is 16.5. The Bertz CT molecular complexity index is 287. The van der Waals surface area contributed by atoms with E-state index in [0.717, 1.165) is 6.42 Å². The predicted octanol–water partition coefficient (Wildman–Crippen LogP) is 3.27. The van der Waals surface area contributed by atoms with E-state index in [9.17, 15) is 4.39 Å². The zero-order valence-corrected chi connectivity index (χ0v) is 7.31. The molecule has 64 valence electrons. The molecule has 1 heteroatoms. The Balaban J connectivity index is 2.39. The average molecular weight is 164 g/mol. The molecule has 0 spiro atoms. The molecule has 12 heavy (non-hydrogen) atoms. The van der Waals surface area contributed by atoms with E-state index in [0.29, 0.717) is 5.92 Å². The first-order chi connectivity index (χ1) is 5.81. The van der Waals surface area contributed by atoms with Gasteiger partial charge in [-0.2, -0.15) is 0 Å². The molecule has 0 radical (unpaired) electrons. The van der Waals surface area contributed by atoms with Crippen molar-refractivity contribution in [3.8, 4) is 0 Å². The van der Waals surface area contributed by atoms with E-state index < -0.39 is 0 Å². The van der Waals surface area contributed by atoms with Crippen molar-refractivity contribution in [1.29, 1.82) is 0 Å². The van der Waals surface area contributed by atoms with Crippen LogP contribution in [-0.2, 0) is 6.42 Å². The van der Waals surface area contributed by atoms with Crippen LogP contribution in [0.1, 0.15) is 36.8 Å². The van der Waals surface area contributed by atoms with Gasteiger partial charge >= 0.3 is 0 Å². The summed E-state index contributed by atoms with van der Waals surface area (Å²) in [7, 11) is 0. The van der Waals surface area contributed by atoms with Crippen LogP contribution in [0.15, 0.2) is 18.2 Å². The second-order valence-corrected chi connectivity index (χ2v) is 3.47. The Labute approximate surface area is 72.4 Å². The molecule has 0 N–H and O–H groups in total. The Morgan fingerprint density at radius 3 is 2.75 bits per heavy atom. The van der Waals surface area contributed by atoms with Crippen LogP contribution in [0.5, 0.6) is 0 Å². The average Bonchev–Trinajstić information content (AvgIpc) is 2.87. The maximum absolute atomic E-state index is 12.9. The maximum atomic E-state index is 12.9. The van der Waals surface area contributed by atoms with Gasteiger partial charge in [0, 0.05) is 0 Å². The zero-order valence-electron chi connectivity index (χ0n) is 7.31. The van der Waals surface area contributed by atoms with E-state index in [1.807, 2.05) is 6.07 Å². The van der Waals surface area contributed by atoms with Gasteiger partial charge in [-0.15, -0.1) is 0 Å². The zero-order chi connectivity index (χ0) is 8.55. The minimum Gasteiger partial charge on any atom is -0.207 e. The fourth-order valence-corrected chi connectivity index (χ4v) is 1.66. The van der Waals surface area contributed by atoms with Crippen molar-refractivity contribution in [3.05, 3.63) is 35.1 Å². The smallest absolute Gasteiger partial charge is 0.123 e. The van der Waals surface area contributed by atoms with Crippen molar-refractivity contribution in [2.45, 2.75) is 32.1 Å². The van der Waals surface area contributed by atoms with Crippen LogP contribution < -0.4 is 0 Å². The quantitative estimate of drug-likeness (QED) is 0.629. The van der Waals surface area contributed by atoms with Crippen LogP contribution in [0.25, 0.3) is 0 Å². The molecule has 0 aromatic heterocycles. The first-order valence-electron chi connectivity index (χ1n) is 4.59. The van der Waals surface area contributed by atoms with Gasteiger partial charge in [0.15, 0.2) is 0 Å². The van der Waals surface area contributed by atoms with E-state index in [1.54, 1.807) is 12.1 Å². The van der Waals surface area contributed by atoms with Gasteiger partial charge in [0.1, 0.15) is 5.82 Å². The van der Waals surface area contributed by atoms with Crippen molar-refractivity contribution in [3.63, 3.8) is 0 Å². The SMILES string of the molecule is CCc1ccc(F)cc1C1CC1. The largest absolute Gasteiger partial charge is 0.207 e. The van der Waals surface area contributed by atoms with Crippen LogP contribution in [0.3, 0.4) is 0 Å². The summed E-state index contributed by atoms with van der Waals surface area (Å²) in [5, 5.41) is 0. The van der Waals surface area contributed by atoms with E-state index >= 15 is 0 Å². The Morgan fingerprint density at radius 2 is 2.17 bits per heavy atom. The number of halogens is 1. The van der Waals surface area contributed by atoms with Gasteiger partial charge in [0.25, 0.3) is 0 Å². The molecule has 0 unspecified atom stereocenters. The molecule has 0 saturated heterocycles. The lowest BCUT2D eigenvalue weighted by molar-refractivity contribution is 0.624. The molecule has 1 aliphatic rings. The van der Waals surface area contributed by atoms with Crippen LogP contribution >= 0.6 is 0 Å². The highest BCUT2D eigenvalue weighted by molar-refractivity contribution is 5.33. The predicted molar refractivity (Wildman–Crippen MR) is 47.8 cm³/mol. The molecule has 0 atom stereocenters. The van der Waals surface area contributed by atoms with Gasteiger partial charge in [-0.05, 0) is 48.4 Å². The molecule has 0 nitrogen and oxygen atoms in total. The third-order valence-corrected chi connectivity index (χ3v) is 2.51. The highest BCUT2D eigenvalue weighted by Gasteiger charge is 2.25. The van der Waals surface area contributed by atoms with E-state index in [2.05, 4.69) is 6.92 Å². The van der Waals surface area contributed by atoms with Crippen LogP contribution in [0, 0.1) is 5.82 Å². The molecular weight excluding hydrogens is 151 g/mol. The van der Waals surface area contributed by atoms with E-state index in [-0.39, 0.29) is 5.82 Å². The fraction of sp³-hybridized carbons (Fsp3) is 0.455. The highest BCUT2D eigenvalue weighted by Crippen LogP contribution is 2.41. The van der Waals surface area contributed by atoms with Gasteiger partial charge in [-0.1, -0.05) is 13.0 Å². The van der Waals surface area contributed by atoms with E-state index in [4.69, 9.17) is 0 Å². The van der Waals surface area contributed by atoms with Gasteiger partial charge in [0.2, 0.25) is 0 Å². The lowest BCUT2D eigenvalue weighted by Gasteiger charge is -2.05. The van der Waals surface area contributed by atoms with Crippen molar-refractivity contribution in [1.82, 2.24) is 0 Å². The standard InChI is InChI=1S/C11H13F/c1-2-8-5-6-10(12)7-11(8)9-3-4-9/h5-7,9H,2-4H2,1H3. The molecule has 1 fully saturated rings. The number of hydrogen-bond donors (Lipinski definition) is 0. The maximum Gasteiger partial charge on any atom is 0.123 e. The molecule has 0 amide bonds. The monoisotopic (exact) mass is 164 g/mol. The second-order valence-electron chi connectivity index (χ2n) is 3.47. The van der Waals surface area contributed by atoms with Gasteiger partial charge < -0.3 is 0 Å². The molecule has 1 aromatic rings. The third-order valence-electron chi connectivity index (χ3n) is 2.51. The van der Waals surface area contributed by atoms with Crippen LogP contribution in [0.4, 0.5) is 4.39 Å². The molecule has 1 aliphatic carbocycles. The summed E-state index contributed by atoms with van der Waals surface area (Å²) < 4.78 is 12.9. The van der Waals surface area contributed by atoms with Crippen molar-refractivity contribution >= 4 is 0 Å². The second kappa shape index (κ2) is 2.89. The summed E-state index contributed by atoms with van der Waals surface area (Å²) in [4.78, 5) is 0. The summed E-state index contributed by atoms with van der Waals surface area (Å²) in [5.41, 5.74) is 2.57. The summed E-state index contributed by atoms with van der Waals surface area (Å²) in [6.07, 6.45) is 3.51. The molecule has 1 saturated carbocycles. The lowest BCUT2D eigenvalue weighted by atomic mass is 10.0. The first kappa shape index (κ1) is 7.78. The van der Waals surface area contributed by atoms with Crippen molar-refractivity contribution in [2.24, 2.45) is 0 Å². The number of hydrogen-bond acceptors (Lipinski definition) is 0. The molecule has 1 aromatic carbocycles. The van der Waals surface area contributed by atoms with Gasteiger partial charge in [0.05, 0.1) is 0 Å². The molecular formula is C11H13F. The highest BCUT2D eigenvalue weighted by atomic mass is 19.1. The molecule has 2 rings (SSSR count). The lowest BCUT2D eigenvalue weighted by Crippen LogP contribution is -1.91. The minimum atomic E-state index is -0.0888. The summed E-state index contributed by atoms with van der Waals surface area (Å²) >= 11 is 0. The topological polar surface area (TPSA) is 0 Å². The Morgan fingerprint density at radius 1 is 1.42 bits per heavy atom. The first-order valence-corrected chi connectivity index (χ1v) is 4.59. The fourth-order valence-electron chi connectivity index (χ4n) is 1.66. The summed E-state index contributed by atoms with van der Waals surface area (Å²) in [6, 6.07) is 5.18. The van der Waals surface area contributed by atoms with Crippen LogP contribution in [0.2, 0.25) is 0 Å². The number of aryl methyl sites for hydroxylation is 1. The summed E-state index contributed by atoms with van der Waals surface area (Å²) in [5.74, 6) is 0.574. The number of rotatable bonds is 2. The summed E-state index contributed by atoms with van der Waals surface area (Å²) in [6.45, 7) is 2.12. The van der Waals surface area contributed by atoms with Crippen molar-refractivity contribution < 1.29 is 4.39 Å². The Hall–Kier alpha value is -0.850. The molecule has 0 bridgehead atoms. The van der Waals surface area contributed by atoms with Crippen molar-refractivity contribution in [2.75, 3.05) is 0 Å². The molecule has 0 heterocycles. The van der Waals surface area contributed by atoms with E-state index in [1.165, 1.54) is 24.0 Å². The number of benzene rings is 1.